The molecule has 0 aliphatic heterocycles. The van der Waals surface area contributed by atoms with E-state index in [1.54, 1.807) is 14.2 Å². The van der Waals surface area contributed by atoms with Gasteiger partial charge in [0.25, 0.3) is 0 Å². The summed E-state index contributed by atoms with van der Waals surface area (Å²) in [5.74, 6) is 2.54. The molecule has 154 valence electrons. The smallest absolute Gasteiger partial charge is 0.195 e. The Morgan fingerprint density at radius 3 is 2.83 bits per heavy atom. The molecule has 0 bridgehead atoms. The van der Waals surface area contributed by atoms with Crippen molar-refractivity contribution in [3.8, 4) is 5.75 Å². The minimum Gasteiger partial charge on any atom is -0.493 e. The number of methoxy groups -OCH3 is 1. The normalized spacial score (nSPS) is 11.6. The highest BCUT2D eigenvalue weighted by Gasteiger charge is 2.07. The van der Waals surface area contributed by atoms with Crippen LogP contribution in [0.5, 0.6) is 5.75 Å². The molecule has 0 radical (unpaired) electrons. The number of guanidine groups is 1. The molecule has 29 heavy (non-hydrogen) atoms. The quantitative estimate of drug-likeness (QED) is 0.330. The molecule has 7 nitrogen and oxygen atoms in total. The lowest BCUT2D eigenvalue weighted by atomic mass is 10.3. The Balaban J connectivity index is 1.54. The average molecular weight is 396 g/mol. The van der Waals surface area contributed by atoms with E-state index in [0.717, 1.165) is 47.8 Å². The third-order valence-electron chi connectivity index (χ3n) is 4.56. The van der Waals surface area contributed by atoms with Crippen LogP contribution in [0.1, 0.15) is 12.2 Å². The minimum absolute atomic E-state index is 0.627. The number of aromatic nitrogens is 2. The van der Waals surface area contributed by atoms with Crippen LogP contribution >= 0.6 is 0 Å². The maximum atomic E-state index is 5.76. The summed E-state index contributed by atoms with van der Waals surface area (Å²) in [5.41, 5.74) is 3.09. The monoisotopic (exact) mass is 395 g/mol. The Bertz CT molecular complexity index is 951. The van der Waals surface area contributed by atoms with E-state index in [4.69, 9.17) is 9.47 Å². The predicted molar refractivity (Wildman–Crippen MR) is 118 cm³/mol. The minimum atomic E-state index is 0.627. The van der Waals surface area contributed by atoms with E-state index in [-0.39, 0.29) is 0 Å². The second-order valence-corrected chi connectivity index (χ2v) is 6.65. The van der Waals surface area contributed by atoms with E-state index >= 15 is 0 Å². The first kappa shape index (κ1) is 20.7. The molecule has 2 aromatic carbocycles. The number of benzene rings is 2. The average Bonchev–Trinajstić information content (AvgIpc) is 3.06. The molecule has 0 saturated carbocycles. The lowest BCUT2D eigenvalue weighted by Crippen LogP contribution is -2.33. The number of ether oxygens (including phenoxy) is 2. The van der Waals surface area contributed by atoms with Gasteiger partial charge in [-0.15, -0.1) is 0 Å². The molecule has 0 amide bonds. The Labute approximate surface area is 171 Å². The number of anilines is 1. The highest BCUT2D eigenvalue weighted by atomic mass is 16.5. The van der Waals surface area contributed by atoms with E-state index < -0.39 is 0 Å². The fraction of sp³-hybridized carbons (Fsp3) is 0.364. The van der Waals surface area contributed by atoms with Crippen LogP contribution < -0.4 is 15.4 Å². The van der Waals surface area contributed by atoms with Gasteiger partial charge < -0.3 is 24.7 Å². The van der Waals surface area contributed by atoms with Crippen LogP contribution in [0.3, 0.4) is 0 Å². The largest absolute Gasteiger partial charge is 0.493 e. The molecule has 0 aliphatic rings. The van der Waals surface area contributed by atoms with Crippen LogP contribution in [0.15, 0.2) is 53.5 Å². The van der Waals surface area contributed by atoms with Crippen LogP contribution in [0.4, 0.5) is 5.69 Å². The zero-order valence-corrected chi connectivity index (χ0v) is 17.3. The summed E-state index contributed by atoms with van der Waals surface area (Å²) in [4.78, 5) is 8.93. The SMILES string of the molecule is CN=C(NCCn1c(C)nc2ccccc21)Nc1cccc(OCCCOC)c1. The van der Waals surface area contributed by atoms with Gasteiger partial charge in [0.05, 0.1) is 17.6 Å². The molecular weight excluding hydrogens is 366 g/mol. The Hall–Kier alpha value is -3.06. The highest BCUT2D eigenvalue weighted by Crippen LogP contribution is 2.18. The fourth-order valence-electron chi connectivity index (χ4n) is 3.14. The first-order chi connectivity index (χ1) is 14.2. The van der Waals surface area contributed by atoms with E-state index in [9.17, 15) is 0 Å². The Morgan fingerprint density at radius 1 is 1.14 bits per heavy atom. The summed E-state index contributed by atoms with van der Waals surface area (Å²) in [6.07, 6.45) is 0.861. The highest BCUT2D eigenvalue weighted by molar-refractivity contribution is 5.93. The molecule has 7 heteroatoms. The number of aliphatic imine (C=N–C) groups is 1. The van der Waals surface area contributed by atoms with Gasteiger partial charge in [0.1, 0.15) is 11.6 Å². The molecule has 2 N–H and O–H groups in total. The molecule has 1 aromatic heterocycles. The predicted octanol–water partition coefficient (Wildman–Crippen LogP) is 3.45. The summed E-state index contributed by atoms with van der Waals surface area (Å²) >= 11 is 0. The van der Waals surface area contributed by atoms with Crippen molar-refractivity contribution in [3.63, 3.8) is 0 Å². The number of rotatable bonds is 9. The number of hydrogen-bond donors (Lipinski definition) is 2. The van der Waals surface area contributed by atoms with Gasteiger partial charge in [-0.2, -0.15) is 0 Å². The number of nitrogens with zero attached hydrogens (tertiary/aromatic N) is 3. The van der Waals surface area contributed by atoms with Gasteiger partial charge in [0.15, 0.2) is 5.96 Å². The first-order valence-corrected chi connectivity index (χ1v) is 9.82. The van der Waals surface area contributed by atoms with Crippen molar-refractivity contribution in [1.29, 1.82) is 0 Å². The number of aryl methyl sites for hydroxylation is 1. The standard InChI is InChI=1S/C22H29N5O2/c1-17-25-20-10-4-5-11-21(20)27(17)13-12-24-22(23-2)26-18-8-6-9-19(16-18)29-15-7-14-28-3/h4-6,8-11,16H,7,12-15H2,1-3H3,(H2,23,24,26). The van der Waals surface area contributed by atoms with E-state index in [1.165, 1.54) is 0 Å². The number of hydrogen-bond acceptors (Lipinski definition) is 4. The molecule has 3 aromatic rings. The molecule has 0 spiro atoms. The van der Waals surface area contributed by atoms with Crippen molar-refractivity contribution in [3.05, 3.63) is 54.4 Å². The first-order valence-electron chi connectivity index (χ1n) is 9.82. The number of imidazole rings is 1. The number of fused-ring (bicyclic) bond motifs is 1. The van der Waals surface area contributed by atoms with Crippen molar-refractivity contribution >= 4 is 22.7 Å². The molecule has 0 aliphatic carbocycles. The van der Waals surface area contributed by atoms with Crippen LogP contribution in [-0.4, -0.2) is 49.4 Å². The van der Waals surface area contributed by atoms with Gasteiger partial charge in [0.2, 0.25) is 0 Å². The van der Waals surface area contributed by atoms with Crippen molar-refractivity contribution in [1.82, 2.24) is 14.9 Å². The second-order valence-electron chi connectivity index (χ2n) is 6.65. The van der Waals surface area contributed by atoms with Crippen molar-refractivity contribution in [2.24, 2.45) is 4.99 Å². The van der Waals surface area contributed by atoms with Crippen LogP contribution in [-0.2, 0) is 11.3 Å². The molecule has 0 atom stereocenters. The van der Waals surface area contributed by atoms with E-state index in [1.807, 2.05) is 49.4 Å². The van der Waals surface area contributed by atoms with E-state index in [0.29, 0.717) is 19.2 Å². The van der Waals surface area contributed by atoms with Gasteiger partial charge in [-0.3, -0.25) is 4.99 Å². The lowest BCUT2D eigenvalue weighted by molar-refractivity contribution is 0.172. The van der Waals surface area contributed by atoms with Gasteiger partial charge in [-0.1, -0.05) is 18.2 Å². The molecule has 0 fully saturated rings. The molecule has 0 unspecified atom stereocenters. The molecule has 3 rings (SSSR count). The number of nitrogens with one attached hydrogen (secondary N) is 2. The van der Waals surface area contributed by atoms with Gasteiger partial charge in [-0.05, 0) is 31.2 Å². The lowest BCUT2D eigenvalue weighted by Gasteiger charge is -2.14. The number of para-hydroxylation sites is 2. The maximum Gasteiger partial charge on any atom is 0.195 e. The maximum absolute atomic E-state index is 5.76. The fourth-order valence-corrected chi connectivity index (χ4v) is 3.14. The third-order valence-corrected chi connectivity index (χ3v) is 4.56. The zero-order chi connectivity index (χ0) is 20.5. The molecular formula is C22H29N5O2. The van der Waals surface area contributed by atoms with Crippen molar-refractivity contribution < 1.29 is 9.47 Å². The van der Waals surface area contributed by atoms with Crippen LogP contribution in [0.25, 0.3) is 11.0 Å². The van der Waals surface area contributed by atoms with Gasteiger partial charge in [-0.25, -0.2) is 4.98 Å². The Kier molecular flexibility index (Phi) is 7.47. The van der Waals surface area contributed by atoms with Crippen LogP contribution in [0, 0.1) is 6.92 Å². The van der Waals surface area contributed by atoms with Gasteiger partial charge >= 0.3 is 0 Å². The Morgan fingerprint density at radius 2 is 2.00 bits per heavy atom. The summed E-state index contributed by atoms with van der Waals surface area (Å²) in [7, 11) is 3.46. The second kappa shape index (κ2) is 10.5. The third kappa shape index (κ3) is 5.71. The van der Waals surface area contributed by atoms with E-state index in [2.05, 4.69) is 31.2 Å². The summed E-state index contributed by atoms with van der Waals surface area (Å²) < 4.78 is 13.0. The van der Waals surface area contributed by atoms with Crippen molar-refractivity contribution in [2.75, 3.05) is 39.2 Å². The zero-order valence-electron chi connectivity index (χ0n) is 17.3. The summed E-state index contributed by atoms with van der Waals surface area (Å²) in [5, 5.41) is 6.67. The summed E-state index contributed by atoms with van der Waals surface area (Å²) in [6, 6.07) is 16.0. The summed E-state index contributed by atoms with van der Waals surface area (Å²) in [6.45, 7) is 4.89. The van der Waals surface area contributed by atoms with Crippen molar-refractivity contribution in [2.45, 2.75) is 19.9 Å². The van der Waals surface area contributed by atoms with Crippen LogP contribution in [0.2, 0.25) is 0 Å². The van der Waals surface area contributed by atoms with Gasteiger partial charge in [0, 0.05) is 52.0 Å². The molecule has 1 heterocycles. The molecule has 0 saturated heterocycles. The topological polar surface area (TPSA) is 72.7 Å².